The zero-order valence-electron chi connectivity index (χ0n) is 11.0. The van der Waals surface area contributed by atoms with E-state index in [1.54, 1.807) is 0 Å². The summed E-state index contributed by atoms with van der Waals surface area (Å²) in [5.41, 5.74) is 9.01. The van der Waals surface area contributed by atoms with Gasteiger partial charge in [-0.15, -0.1) is 0 Å². The molecule has 2 rings (SSSR count). The summed E-state index contributed by atoms with van der Waals surface area (Å²) in [5.74, 6) is -0.156. The molecule has 1 aromatic carbocycles. The first-order valence-corrected chi connectivity index (χ1v) is 6.49. The third kappa shape index (κ3) is 2.15. The molecular weight excluding hydrogens is 228 g/mol. The largest absolute Gasteiger partial charge is 0.464 e. The maximum absolute atomic E-state index is 12.0. The van der Waals surface area contributed by atoms with Crippen LogP contribution in [0.4, 0.5) is 11.4 Å². The standard InChI is InChI=1S/C14H20N2O2/c1-3-12(14(17)18-4-2)16-9-8-10-6-5-7-11(15)13(10)16/h5-7,12H,3-4,8-9,15H2,1-2H3. The van der Waals surface area contributed by atoms with Crippen molar-refractivity contribution < 1.29 is 9.53 Å². The van der Waals surface area contributed by atoms with E-state index in [2.05, 4.69) is 11.0 Å². The minimum atomic E-state index is -0.226. The molecule has 0 amide bonds. The Morgan fingerprint density at radius 2 is 2.28 bits per heavy atom. The first-order valence-electron chi connectivity index (χ1n) is 6.49. The van der Waals surface area contributed by atoms with Crippen LogP contribution in [0.1, 0.15) is 25.8 Å². The lowest BCUT2D eigenvalue weighted by atomic mass is 10.1. The SMILES string of the molecule is CCOC(=O)C(CC)N1CCc2cccc(N)c21. The number of nitrogens with zero attached hydrogens (tertiary/aromatic N) is 1. The highest BCUT2D eigenvalue weighted by molar-refractivity contribution is 5.84. The van der Waals surface area contributed by atoms with Gasteiger partial charge in [-0.3, -0.25) is 0 Å². The Labute approximate surface area is 108 Å². The number of nitrogen functional groups attached to an aromatic ring is 1. The van der Waals surface area contributed by atoms with E-state index in [1.165, 1.54) is 5.56 Å². The fraction of sp³-hybridized carbons (Fsp3) is 0.500. The molecule has 0 radical (unpaired) electrons. The molecule has 1 heterocycles. The van der Waals surface area contributed by atoms with Crippen molar-refractivity contribution in [1.29, 1.82) is 0 Å². The molecule has 1 atom stereocenters. The molecule has 18 heavy (non-hydrogen) atoms. The molecule has 0 aromatic heterocycles. The predicted molar refractivity (Wildman–Crippen MR) is 72.6 cm³/mol. The van der Waals surface area contributed by atoms with E-state index in [9.17, 15) is 4.79 Å². The number of rotatable bonds is 4. The highest BCUT2D eigenvalue weighted by atomic mass is 16.5. The number of para-hydroxylation sites is 1. The Morgan fingerprint density at radius 3 is 2.94 bits per heavy atom. The molecule has 0 bridgehead atoms. The molecule has 0 spiro atoms. The first-order chi connectivity index (χ1) is 8.69. The van der Waals surface area contributed by atoms with Crippen LogP contribution in [-0.2, 0) is 16.0 Å². The summed E-state index contributed by atoms with van der Waals surface area (Å²) in [5, 5.41) is 0. The van der Waals surface area contributed by atoms with Crippen molar-refractivity contribution in [3.63, 3.8) is 0 Å². The molecule has 1 aliphatic rings. The Bertz CT molecular complexity index is 445. The van der Waals surface area contributed by atoms with Gasteiger partial charge in [0.2, 0.25) is 0 Å². The molecular formula is C14H20N2O2. The van der Waals surface area contributed by atoms with Crippen LogP contribution in [0.15, 0.2) is 18.2 Å². The third-order valence-electron chi connectivity index (χ3n) is 3.38. The van der Waals surface area contributed by atoms with Crippen LogP contribution in [0.5, 0.6) is 0 Å². The average molecular weight is 248 g/mol. The number of hydrogen-bond donors (Lipinski definition) is 1. The van der Waals surface area contributed by atoms with Gasteiger partial charge in [-0.25, -0.2) is 4.79 Å². The fourth-order valence-corrected chi connectivity index (χ4v) is 2.58. The number of carbonyl (C=O) groups is 1. The number of fused-ring (bicyclic) bond motifs is 1. The van der Waals surface area contributed by atoms with Gasteiger partial charge in [-0.05, 0) is 31.4 Å². The summed E-state index contributed by atoms with van der Waals surface area (Å²) in [6, 6.07) is 5.69. The molecule has 0 aliphatic carbocycles. The zero-order chi connectivity index (χ0) is 13.1. The summed E-state index contributed by atoms with van der Waals surface area (Å²) >= 11 is 0. The van der Waals surface area contributed by atoms with E-state index in [0.717, 1.165) is 30.8 Å². The summed E-state index contributed by atoms with van der Waals surface area (Å²) in [4.78, 5) is 14.1. The van der Waals surface area contributed by atoms with Crippen LogP contribution >= 0.6 is 0 Å². The number of esters is 1. The van der Waals surface area contributed by atoms with Crippen LogP contribution in [0.25, 0.3) is 0 Å². The van der Waals surface area contributed by atoms with Crippen molar-refractivity contribution >= 4 is 17.3 Å². The lowest BCUT2D eigenvalue weighted by Crippen LogP contribution is -2.41. The van der Waals surface area contributed by atoms with Gasteiger partial charge >= 0.3 is 5.97 Å². The number of nitrogens with two attached hydrogens (primary N) is 1. The predicted octanol–water partition coefficient (Wildman–Crippen LogP) is 1.97. The fourth-order valence-electron chi connectivity index (χ4n) is 2.58. The van der Waals surface area contributed by atoms with E-state index >= 15 is 0 Å². The molecule has 2 N–H and O–H groups in total. The molecule has 1 aromatic rings. The monoisotopic (exact) mass is 248 g/mol. The molecule has 1 aliphatic heterocycles. The van der Waals surface area contributed by atoms with Crippen LogP contribution in [0.2, 0.25) is 0 Å². The van der Waals surface area contributed by atoms with Gasteiger partial charge in [-0.2, -0.15) is 0 Å². The van der Waals surface area contributed by atoms with Crippen LogP contribution in [0, 0.1) is 0 Å². The van der Waals surface area contributed by atoms with Gasteiger partial charge in [0.25, 0.3) is 0 Å². The number of benzene rings is 1. The van der Waals surface area contributed by atoms with E-state index in [1.807, 2.05) is 26.0 Å². The summed E-state index contributed by atoms with van der Waals surface area (Å²) in [6.07, 6.45) is 1.67. The van der Waals surface area contributed by atoms with Crippen molar-refractivity contribution in [3.8, 4) is 0 Å². The summed E-state index contributed by atoms with van der Waals surface area (Å²) in [6.45, 7) is 5.08. The average Bonchev–Trinajstić information content (AvgIpc) is 2.76. The molecule has 4 heteroatoms. The maximum Gasteiger partial charge on any atom is 0.328 e. The lowest BCUT2D eigenvalue weighted by molar-refractivity contribution is -0.144. The second-order valence-corrected chi connectivity index (χ2v) is 4.47. The van der Waals surface area contributed by atoms with Gasteiger partial charge in [0.05, 0.1) is 18.0 Å². The van der Waals surface area contributed by atoms with Crippen molar-refractivity contribution in [1.82, 2.24) is 0 Å². The van der Waals surface area contributed by atoms with Gasteiger partial charge in [0.1, 0.15) is 6.04 Å². The topological polar surface area (TPSA) is 55.6 Å². The number of ether oxygens (including phenoxy) is 1. The Hall–Kier alpha value is -1.71. The second kappa shape index (κ2) is 5.29. The Morgan fingerprint density at radius 1 is 1.50 bits per heavy atom. The van der Waals surface area contributed by atoms with Gasteiger partial charge in [0.15, 0.2) is 0 Å². The minimum Gasteiger partial charge on any atom is -0.464 e. The molecule has 4 nitrogen and oxygen atoms in total. The van der Waals surface area contributed by atoms with Crippen molar-refractivity contribution in [2.24, 2.45) is 0 Å². The maximum atomic E-state index is 12.0. The summed E-state index contributed by atoms with van der Waals surface area (Å²) in [7, 11) is 0. The lowest BCUT2D eigenvalue weighted by Gasteiger charge is -2.28. The van der Waals surface area contributed by atoms with Gasteiger partial charge in [-0.1, -0.05) is 19.1 Å². The molecule has 1 unspecified atom stereocenters. The van der Waals surface area contributed by atoms with E-state index in [0.29, 0.717) is 6.61 Å². The number of hydrogen-bond acceptors (Lipinski definition) is 4. The molecule has 0 saturated heterocycles. The van der Waals surface area contributed by atoms with Crippen molar-refractivity contribution in [2.45, 2.75) is 32.7 Å². The van der Waals surface area contributed by atoms with E-state index < -0.39 is 0 Å². The van der Waals surface area contributed by atoms with Crippen molar-refractivity contribution in [2.75, 3.05) is 23.8 Å². The van der Waals surface area contributed by atoms with Gasteiger partial charge in [0, 0.05) is 6.54 Å². The molecule has 0 fully saturated rings. The Kier molecular flexibility index (Phi) is 3.75. The number of carbonyl (C=O) groups excluding carboxylic acids is 1. The third-order valence-corrected chi connectivity index (χ3v) is 3.38. The van der Waals surface area contributed by atoms with Crippen LogP contribution in [0.3, 0.4) is 0 Å². The van der Waals surface area contributed by atoms with Crippen LogP contribution in [-0.4, -0.2) is 25.2 Å². The van der Waals surface area contributed by atoms with Crippen LogP contribution < -0.4 is 10.6 Å². The van der Waals surface area contributed by atoms with Crippen molar-refractivity contribution in [3.05, 3.63) is 23.8 Å². The van der Waals surface area contributed by atoms with E-state index in [4.69, 9.17) is 10.5 Å². The zero-order valence-corrected chi connectivity index (χ0v) is 11.0. The second-order valence-electron chi connectivity index (χ2n) is 4.47. The molecule has 98 valence electrons. The quantitative estimate of drug-likeness (QED) is 0.654. The van der Waals surface area contributed by atoms with E-state index in [-0.39, 0.29) is 12.0 Å². The highest BCUT2D eigenvalue weighted by Gasteiger charge is 2.31. The minimum absolute atomic E-state index is 0.156. The Balaban J connectivity index is 2.28. The summed E-state index contributed by atoms with van der Waals surface area (Å²) < 4.78 is 5.14. The van der Waals surface area contributed by atoms with Gasteiger partial charge < -0.3 is 15.4 Å². The number of anilines is 2. The normalized spacial score (nSPS) is 15.3. The smallest absolute Gasteiger partial charge is 0.328 e. The molecule has 0 saturated carbocycles. The highest BCUT2D eigenvalue weighted by Crippen LogP contribution is 2.35. The first kappa shape index (κ1) is 12.7.